The zero-order valence-corrected chi connectivity index (χ0v) is 9.84. The minimum absolute atomic E-state index is 0.230. The summed E-state index contributed by atoms with van der Waals surface area (Å²) in [6, 6.07) is 0. The lowest BCUT2D eigenvalue weighted by atomic mass is 10.5. The highest BCUT2D eigenvalue weighted by molar-refractivity contribution is 8.13. The molecule has 0 spiro atoms. The minimum Gasteiger partial charge on any atom is -0.323 e. The smallest absolute Gasteiger partial charge is 0.323 e. The molecule has 0 aliphatic carbocycles. The zero-order chi connectivity index (χ0) is 12.4. The van der Waals surface area contributed by atoms with Gasteiger partial charge in [-0.05, 0) is 0 Å². The van der Waals surface area contributed by atoms with Crippen LogP contribution < -0.4 is 5.32 Å². The van der Waals surface area contributed by atoms with Crippen LogP contribution in [-0.2, 0) is 24.5 Å². The Morgan fingerprint density at radius 2 is 1.81 bits per heavy atom. The standard InChI is InChI=1S/C6H9N2O6S2/c1-7-6(9)14-8-5-2-15(10,11)4-16(12,13)3-5/h4H,2-3H2,1H3,(H,7,9)/q-1. The summed E-state index contributed by atoms with van der Waals surface area (Å²) in [7, 11) is -6.42. The highest BCUT2D eigenvalue weighted by Crippen LogP contribution is 2.13. The molecule has 0 unspecified atom stereocenters. The summed E-state index contributed by atoms with van der Waals surface area (Å²) in [5.74, 6) is -1.13. The fourth-order valence-corrected chi connectivity index (χ4v) is 4.70. The summed E-state index contributed by atoms with van der Waals surface area (Å²) in [6.45, 7) is 0. The van der Waals surface area contributed by atoms with E-state index in [0.717, 1.165) is 0 Å². The molecule has 0 atom stereocenters. The van der Waals surface area contributed by atoms with Crippen LogP contribution in [-0.4, -0.2) is 47.2 Å². The van der Waals surface area contributed by atoms with E-state index in [1.54, 1.807) is 0 Å². The highest BCUT2D eigenvalue weighted by atomic mass is 32.3. The maximum Gasteiger partial charge on any atom is 0.433 e. The summed E-state index contributed by atoms with van der Waals surface area (Å²) in [6.07, 6.45) is -0.906. The molecule has 1 fully saturated rings. The lowest BCUT2D eigenvalue weighted by Crippen LogP contribution is -2.33. The second-order valence-corrected chi connectivity index (χ2v) is 7.00. The molecule has 1 heterocycles. The molecule has 1 aliphatic rings. The Hall–Kier alpha value is -1.16. The van der Waals surface area contributed by atoms with Gasteiger partial charge in [0.15, 0.2) is 0 Å². The van der Waals surface area contributed by atoms with Crippen LogP contribution in [0.1, 0.15) is 0 Å². The van der Waals surface area contributed by atoms with Gasteiger partial charge < -0.3 is 5.32 Å². The van der Waals surface area contributed by atoms with Crippen LogP contribution in [0.5, 0.6) is 0 Å². The highest BCUT2D eigenvalue weighted by Gasteiger charge is 2.24. The zero-order valence-electron chi connectivity index (χ0n) is 8.20. The summed E-state index contributed by atoms with van der Waals surface area (Å²) in [5.41, 5.74) is -0.230. The first-order chi connectivity index (χ1) is 7.24. The van der Waals surface area contributed by atoms with E-state index in [9.17, 15) is 21.6 Å². The summed E-state index contributed by atoms with van der Waals surface area (Å²) in [4.78, 5) is 14.8. The predicted octanol–water partition coefficient (Wildman–Crippen LogP) is -1.34. The summed E-state index contributed by atoms with van der Waals surface area (Å²) < 4.78 is 44.5. The van der Waals surface area contributed by atoms with Crippen molar-refractivity contribution in [1.82, 2.24) is 5.32 Å². The predicted molar refractivity (Wildman–Crippen MR) is 54.8 cm³/mol. The molecule has 8 nitrogen and oxygen atoms in total. The molecule has 0 aromatic carbocycles. The first-order valence-electron chi connectivity index (χ1n) is 3.99. The van der Waals surface area contributed by atoms with Crippen LogP contribution in [0.3, 0.4) is 0 Å². The third-order valence-electron chi connectivity index (χ3n) is 1.49. The number of hydrogen-bond donors (Lipinski definition) is 1. The number of sulfone groups is 2. The quantitative estimate of drug-likeness (QED) is 0.357. The Bertz CT molecular complexity index is 481. The topological polar surface area (TPSA) is 119 Å². The number of hydrogen-bond acceptors (Lipinski definition) is 7. The third-order valence-corrected chi connectivity index (χ3v) is 5.31. The number of nitrogens with zero attached hydrogens (tertiary/aromatic N) is 1. The second kappa shape index (κ2) is 4.37. The number of carbonyl (C=O) groups excluding carboxylic acids is 1. The molecule has 0 bridgehead atoms. The minimum atomic E-state index is -3.85. The van der Waals surface area contributed by atoms with Crippen molar-refractivity contribution in [3.63, 3.8) is 0 Å². The molecule has 1 saturated heterocycles. The van der Waals surface area contributed by atoms with Crippen LogP contribution in [0.2, 0.25) is 0 Å². The van der Waals surface area contributed by atoms with E-state index in [4.69, 9.17) is 0 Å². The molecule has 1 N–H and O–H groups in total. The Morgan fingerprint density at radius 1 is 1.31 bits per heavy atom. The SMILES string of the molecule is CNC(=O)ON=C1CS(=O)(=O)[CH-]S(=O)(=O)C1. The van der Waals surface area contributed by atoms with Crippen LogP contribution in [0.4, 0.5) is 4.79 Å². The van der Waals surface area contributed by atoms with Crippen molar-refractivity contribution in [2.75, 3.05) is 18.6 Å². The summed E-state index contributed by atoms with van der Waals surface area (Å²) in [5, 5.41) is 5.53. The molecule has 1 aliphatic heterocycles. The van der Waals surface area contributed by atoms with Crippen molar-refractivity contribution >= 4 is 31.5 Å². The number of carbonyl (C=O) groups is 1. The molecule has 0 aromatic heterocycles. The molecule has 10 heteroatoms. The molecular formula is C6H9N2O6S2-. The van der Waals surface area contributed by atoms with E-state index < -0.39 is 37.3 Å². The number of amides is 1. The molecular weight excluding hydrogens is 260 g/mol. The van der Waals surface area contributed by atoms with Gasteiger partial charge in [0.05, 0.1) is 17.2 Å². The van der Waals surface area contributed by atoms with Gasteiger partial charge in [0.2, 0.25) is 0 Å². The van der Waals surface area contributed by atoms with E-state index >= 15 is 0 Å². The van der Waals surface area contributed by atoms with E-state index in [1.807, 2.05) is 0 Å². The monoisotopic (exact) mass is 269 g/mol. The van der Waals surface area contributed by atoms with Gasteiger partial charge in [-0.15, -0.1) is 0 Å². The normalized spacial score (nSPS) is 22.2. The van der Waals surface area contributed by atoms with Gasteiger partial charge in [-0.1, -0.05) is 10.2 Å². The third kappa shape index (κ3) is 3.77. The lowest BCUT2D eigenvalue weighted by Gasteiger charge is -2.21. The van der Waals surface area contributed by atoms with E-state index in [1.165, 1.54) is 7.05 Å². The van der Waals surface area contributed by atoms with Crippen LogP contribution in [0, 0.1) is 5.08 Å². The van der Waals surface area contributed by atoms with E-state index in [2.05, 4.69) is 15.3 Å². The average molecular weight is 269 g/mol. The average Bonchev–Trinajstić information content (AvgIpc) is 2.09. The first-order valence-corrected chi connectivity index (χ1v) is 7.42. The Kier molecular flexibility index (Phi) is 3.53. The maximum absolute atomic E-state index is 11.1. The van der Waals surface area contributed by atoms with Crippen molar-refractivity contribution < 1.29 is 26.5 Å². The summed E-state index contributed by atoms with van der Waals surface area (Å²) >= 11 is 0. The Morgan fingerprint density at radius 3 is 2.25 bits per heavy atom. The second-order valence-electron chi connectivity index (χ2n) is 3.00. The Labute approximate surface area is 92.5 Å². The van der Waals surface area contributed by atoms with E-state index in [0.29, 0.717) is 5.08 Å². The van der Waals surface area contributed by atoms with Gasteiger partial charge in [0.25, 0.3) is 0 Å². The van der Waals surface area contributed by atoms with Crippen molar-refractivity contribution in [1.29, 1.82) is 0 Å². The van der Waals surface area contributed by atoms with Gasteiger partial charge in [0.1, 0.15) is 0 Å². The van der Waals surface area contributed by atoms with Crippen molar-refractivity contribution in [2.24, 2.45) is 5.16 Å². The number of oxime groups is 1. The van der Waals surface area contributed by atoms with Gasteiger partial charge in [-0.25, -0.2) is 4.79 Å². The van der Waals surface area contributed by atoms with Crippen molar-refractivity contribution in [3.8, 4) is 0 Å². The van der Waals surface area contributed by atoms with Crippen LogP contribution >= 0.6 is 0 Å². The van der Waals surface area contributed by atoms with Gasteiger partial charge in [0, 0.05) is 26.7 Å². The maximum atomic E-state index is 11.1. The van der Waals surface area contributed by atoms with Crippen LogP contribution in [0.15, 0.2) is 5.16 Å². The van der Waals surface area contributed by atoms with Gasteiger partial charge >= 0.3 is 6.09 Å². The number of nitrogens with one attached hydrogen (secondary N) is 1. The fourth-order valence-electron chi connectivity index (χ4n) is 1.00. The molecule has 0 aromatic rings. The molecule has 16 heavy (non-hydrogen) atoms. The van der Waals surface area contributed by atoms with Gasteiger partial charge in [-0.2, -0.15) is 0 Å². The molecule has 92 valence electrons. The van der Waals surface area contributed by atoms with Gasteiger partial charge in [-0.3, -0.25) is 21.7 Å². The first kappa shape index (κ1) is 12.9. The Balaban J connectivity index is 2.87. The fraction of sp³-hybridized carbons (Fsp3) is 0.500. The van der Waals surface area contributed by atoms with Crippen LogP contribution in [0.25, 0.3) is 0 Å². The largest absolute Gasteiger partial charge is 0.433 e. The molecule has 1 amide bonds. The number of rotatable bonds is 1. The van der Waals surface area contributed by atoms with Crippen molar-refractivity contribution in [2.45, 2.75) is 0 Å². The van der Waals surface area contributed by atoms with Crippen molar-refractivity contribution in [3.05, 3.63) is 5.08 Å². The molecule has 0 radical (unpaired) electrons. The van der Waals surface area contributed by atoms with E-state index in [-0.39, 0.29) is 5.71 Å². The lowest BCUT2D eigenvalue weighted by molar-refractivity contribution is 0.153. The molecule has 1 rings (SSSR count). The molecule has 0 saturated carbocycles.